The van der Waals surface area contributed by atoms with Gasteiger partial charge in [0.05, 0.1) is 6.04 Å². The molecule has 3 rings (SSSR count). The van der Waals surface area contributed by atoms with Gasteiger partial charge in [0.1, 0.15) is 11.4 Å². The Morgan fingerprint density at radius 2 is 2.17 bits per heavy atom. The lowest BCUT2D eigenvalue weighted by atomic mass is 9.89. The molecule has 0 bridgehead atoms. The van der Waals surface area contributed by atoms with Crippen molar-refractivity contribution in [1.82, 2.24) is 10.6 Å². The number of rotatable bonds is 4. The highest BCUT2D eigenvalue weighted by molar-refractivity contribution is 5.85. The lowest BCUT2D eigenvalue weighted by Gasteiger charge is -2.37. The van der Waals surface area contributed by atoms with E-state index in [9.17, 15) is 4.79 Å². The topological polar surface area (TPSA) is 50.4 Å². The van der Waals surface area contributed by atoms with E-state index in [1.165, 1.54) is 6.42 Å². The first-order valence-corrected chi connectivity index (χ1v) is 8.31. The van der Waals surface area contributed by atoms with Gasteiger partial charge in [-0.3, -0.25) is 4.79 Å². The minimum Gasteiger partial charge on any atom is -0.487 e. The third-order valence-corrected chi connectivity index (χ3v) is 4.65. The van der Waals surface area contributed by atoms with Crippen LogP contribution in [-0.2, 0) is 4.79 Å². The maximum absolute atomic E-state index is 12.3. The van der Waals surface area contributed by atoms with Gasteiger partial charge < -0.3 is 15.4 Å². The van der Waals surface area contributed by atoms with Crippen LogP contribution >= 0.6 is 12.4 Å². The van der Waals surface area contributed by atoms with Crippen LogP contribution in [0.3, 0.4) is 0 Å². The van der Waals surface area contributed by atoms with Crippen LogP contribution in [0.15, 0.2) is 24.3 Å². The van der Waals surface area contributed by atoms with Gasteiger partial charge in [0.2, 0.25) is 5.91 Å². The Morgan fingerprint density at radius 3 is 2.91 bits per heavy atom. The molecule has 2 N–H and O–H groups in total. The monoisotopic (exact) mass is 338 g/mol. The van der Waals surface area contributed by atoms with E-state index in [-0.39, 0.29) is 30.0 Å². The third kappa shape index (κ3) is 4.61. The number of halogens is 1. The van der Waals surface area contributed by atoms with Crippen molar-refractivity contribution in [3.63, 3.8) is 0 Å². The molecule has 1 saturated heterocycles. The predicted octanol–water partition coefficient (Wildman–Crippen LogP) is 3.22. The third-order valence-electron chi connectivity index (χ3n) is 4.65. The smallest absolute Gasteiger partial charge is 0.220 e. The Morgan fingerprint density at radius 1 is 1.39 bits per heavy atom. The Balaban J connectivity index is 0.00000192. The number of carbonyl (C=O) groups excluding carboxylic acids is 1. The van der Waals surface area contributed by atoms with E-state index in [0.717, 1.165) is 37.2 Å². The van der Waals surface area contributed by atoms with Crippen LogP contribution in [0.25, 0.3) is 0 Å². The van der Waals surface area contributed by atoms with Crippen LogP contribution in [0.1, 0.15) is 51.1 Å². The van der Waals surface area contributed by atoms with E-state index in [1.54, 1.807) is 0 Å². The largest absolute Gasteiger partial charge is 0.487 e. The Labute approximate surface area is 144 Å². The van der Waals surface area contributed by atoms with Crippen LogP contribution < -0.4 is 15.4 Å². The molecule has 2 unspecified atom stereocenters. The van der Waals surface area contributed by atoms with Crippen LogP contribution in [0, 0.1) is 5.92 Å². The van der Waals surface area contributed by atoms with E-state index >= 15 is 0 Å². The number of fused-ring (bicyclic) bond motifs is 1. The molecule has 2 atom stereocenters. The van der Waals surface area contributed by atoms with Crippen molar-refractivity contribution < 1.29 is 9.53 Å². The molecular weight excluding hydrogens is 312 g/mol. The summed E-state index contributed by atoms with van der Waals surface area (Å²) in [7, 11) is 0. The lowest BCUT2D eigenvalue weighted by Crippen LogP contribution is -2.41. The molecule has 2 aliphatic heterocycles. The lowest BCUT2D eigenvalue weighted by molar-refractivity contribution is -0.122. The minimum absolute atomic E-state index is 0. The summed E-state index contributed by atoms with van der Waals surface area (Å²) in [5, 5.41) is 6.57. The summed E-state index contributed by atoms with van der Waals surface area (Å²) in [6, 6.07) is 8.07. The summed E-state index contributed by atoms with van der Waals surface area (Å²) in [6.45, 7) is 6.30. The zero-order chi connectivity index (χ0) is 15.6. The molecule has 1 aromatic rings. The van der Waals surface area contributed by atoms with Crippen LogP contribution in [-0.4, -0.2) is 24.6 Å². The number of ether oxygens (including phenoxy) is 1. The van der Waals surface area contributed by atoms with Gasteiger partial charge in [-0.25, -0.2) is 0 Å². The second-order valence-electron chi connectivity index (χ2n) is 7.12. The zero-order valence-corrected chi connectivity index (χ0v) is 14.7. The quantitative estimate of drug-likeness (QED) is 0.886. The highest BCUT2D eigenvalue weighted by Gasteiger charge is 2.34. The maximum atomic E-state index is 12.3. The number of amides is 1. The average Bonchev–Trinajstić information content (AvgIpc) is 2.97. The van der Waals surface area contributed by atoms with Gasteiger partial charge in [-0.1, -0.05) is 18.2 Å². The van der Waals surface area contributed by atoms with Gasteiger partial charge in [-0.15, -0.1) is 12.4 Å². The van der Waals surface area contributed by atoms with Gasteiger partial charge in [-0.05, 0) is 51.8 Å². The molecule has 1 amide bonds. The van der Waals surface area contributed by atoms with Crippen molar-refractivity contribution in [3.8, 4) is 5.75 Å². The zero-order valence-electron chi connectivity index (χ0n) is 13.9. The Bertz CT molecular complexity index is 542. The van der Waals surface area contributed by atoms with Crippen molar-refractivity contribution in [2.45, 2.75) is 51.2 Å². The van der Waals surface area contributed by atoms with Gasteiger partial charge >= 0.3 is 0 Å². The summed E-state index contributed by atoms with van der Waals surface area (Å²) < 4.78 is 6.01. The molecule has 0 aliphatic carbocycles. The molecule has 2 aliphatic rings. The molecule has 128 valence electrons. The number of benzene rings is 1. The predicted molar refractivity (Wildman–Crippen MR) is 94.1 cm³/mol. The molecule has 1 aromatic carbocycles. The normalized spacial score (nSPS) is 25.0. The van der Waals surface area contributed by atoms with Gasteiger partial charge in [0.15, 0.2) is 0 Å². The first-order chi connectivity index (χ1) is 10.5. The SMILES string of the molecule is CC1(C)CC(NC(=O)CCC2CCNC2)c2ccccc2O1.Cl. The number of hydrogen-bond acceptors (Lipinski definition) is 3. The van der Waals surface area contributed by atoms with Gasteiger partial charge in [0, 0.05) is 18.4 Å². The summed E-state index contributed by atoms with van der Waals surface area (Å²) in [5.74, 6) is 1.71. The fraction of sp³-hybridized carbons (Fsp3) is 0.611. The molecule has 23 heavy (non-hydrogen) atoms. The van der Waals surface area contributed by atoms with E-state index in [2.05, 4.69) is 30.5 Å². The number of nitrogens with one attached hydrogen (secondary N) is 2. The average molecular weight is 339 g/mol. The molecule has 0 radical (unpaired) electrons. The second-order valence-corrected chi connectivity index (χ2v) is 7.12. The first-order valence-electron chi connectivity index (χ1n) is 8.31. The molecule has 4 nitrogen and oxygen atoms in total. The van der Waals surface area contributed by atoms with E-state index in [4.69, 9.17) is 4.74 Å². The first kappa shape index (κ1) is 18.1. The molecule has 5 heteroatoms. The van der Waals surface area contributed by atoms with Crippen molar-refractivity contribution in [3.05, 3.63) is 29.8 Å². The Hall–Kier alpha value is -1.26. The van der Waals surface area contributed by atoms with Gasteiger partial charge in [0.25, 0.3) is 0 Å². The fourth-order valence-electron chi connectivity index (χ4n) is 3.49. The second kappa shape index (κ2) is 7.54. The maximum Gasteiger partial charge on any atom is 0.220 e. The van der Waals surface area contributed by atoms with Crippen molar-refractivity contribution >= 4 is 18.3 Å². The van der Waals surface area contributed by atoms with Crippen LogP contribution in [0.4, 0.5) is 0 Å². The van der Waals surface area contributed by atoms with E-state index < -0.39 is 0 Å². The summed E-state index contributed by atoms with van der Waals surface area (Å²) in [5.41, 5.74) is 0.847. The van der Waals surface area contributed by atoms with Crippen molar-refractivity contribution in [2.75, 3.05) is 13.1 Å². The van der Waals surface area contributed by atoms with Crippen LogP contribution in [0.2, 0.25) is 0 Å². The van der Waals surface area contributed by atoms with E-state index in [0.29, 0.717) is 12.3 Å². The molecule has 0 spiro atoms. The highest BCUT2D eigenvalue weighted by atomic mass is 35.5. The molecule has 2 heterocycles. The Kier molecular flexibility index (Phi) is 5.93. The van der Waals surface area contributed by atoms with E-state index in [1.807, 2.05) is 18.2 Å². The minimum atomic E-state index is -0.248. The molecular formula is C18H27ClN2O2. The highest BCUT2D eigenvalue weighted by Crippen LogP contribution is 2.39. The molecule has 0 aromatic heterocycles. The molecule has 1 fully saturated rings. The van der Waals surface area contributed by atoms with Gasteiger partial charge in [-0.2, -0.15) is 0 Å². The standard InChI is InChI=1S/C18H26N2O2.ClH/c1-18(2)11-15(14-5-3-4-6-16(14)22-18)20-17(21)8-7-13-9-10-19-12-13;/h3-6,13,15,19H,7-12H2,1-2H3,(H,20,21);1H. The van der Waals surface area contributed by atoms with Crippen molar-refractivity contribution in [1.29, 1.82) is 0 Å². The fourth-order valence-corrected chi connectivity index (χ4v) is 3.49. The number of hydrogen-bond donors (Lipinski definition) is 2. The number of carbonyl (C=O) groups is 1. The summed E-state index contributed by atoms with van der Waals surface area (Å²) in [6.07, 6.45) is 3.60. The van der Waals surface area contributed by atoms with Crippen LogP contribution in [0.5, 0.6) is 5.75 Å². The summed E-state index contributed by atoms with van der Waals surface area (Å²) >= 11 is 0. The summed E-state index contributed by atoms with van der Waals surface area (Å²) in [4.78, 5) is 12.3. The number of para-hydroxylation sites is 1. The van der Waals surface area contributed by atoms with Crippen molar-refractivity contribution in [2.24, 2.45) is 5.92 Å². The molecule has 0 saturated carbocycles.